The van der Waals surface area contributed by atoms with Crippen molar-refractivity contribution in [1.82, 2.24) is 15.3 Å². The van der Waals surface area contributed by atoms with Crippen LogP contribution in [-0.4, -0.2) is 34.8 Å². The maximum Gasteiger partial charge on any atom is 0.233 e. The van der Waals surface area contributed by atoms with Gasteiger partial charge in [-0.15, -0.1) is 0 Å². The number of nitrogens with one attached hydrogen (secondary N) is 2. The number of hydrogen-bond acceptors (Lipinski definition) is 7. The summed E-state index contributed by atoms with van der Waals surface area (Å²) in [5.74, 6) is 2.27. The minimum absolute atomic E-state index is 0.175. The van der Waals surface area contributed by atoms with Crippen LogP contribution in [0.2, 0.25) is 0 Å². The molecule has 2 aromatic heterocycles. The van der Waals surface area contributed by atoms with Gasteiger partial charge in [0.25, 0.3) is 0 Å². The number of rotatable bonds is 7. The van der Waals surface area contributed by atoms with Crippen LogP contribution in [-0.2, 0) is 0 Å². The van der Waals surface area contributed by atoms with Gasteiger partial charge in [0.1, 0.15) is 23.6 Å². The van der Waals surface area contributed by atoms with Crippen molar-refractivity contribution in [3.8, 4) is 22.8 Å². The average molecular weight is 523 g/mol. The van der Waals surface area contributed by atoms with Gasteiger partial charge >= 0.3 is 0 Å². The Balaban J connectivity index is 1.32. The molecule has 0 bridgehead atoms. The number of phenolic OH excluding ortho intramolecular Hbond substituents is 1. The summed E-state index contributed by atoms with van der Waals surface area (Å²) in [6.07, 6.45) is 4.96. The summed E-state index contributed by atoms with van der Waals surface area (Å²) < 4.78 is 12.9. The van der Waals surface area contributed by atoms with Gasteiger partial charge in [-0.25, -0.2) is 9.97 Å². The average Bonchev–Trinajstić information content (AvgIpc) is 3.17. The monoisotopic (exact) mass is 522 g/mol. The number of hydrogen-bond donors (Lipinski definition) is 3. The zero-order chi connectivity index (χ0) is 23.5. The lowest BCUT2D eigenvalue weighted by molar-refractivity contribution is 0.171. The number of benzene rings is 2. The zero-order valence-corrected chi connectivity index (χ0v) is 20.6. The topological polar surface area (TPSA) is 92.4 Å². The second kappa shape index (κ2) is 9.64. The van der Waals surface area contributed by atoms with E-state index in [0.717, 1.165) is 40.7 Å². The zero-order valence-electron chi connectivity index (χ0n) is 19.0. The lowest BCUT2D eigenvalue weighted by Gasteiger charge is -2.34. The number of anilines is 2. The number of fused-ring (bicyclic) bond motifs is 1. The van der Waals surface area contributed by atoms with Crippen molar-refractivity contribution >= 4 is 38.5 Å². The quantitative estimate of drug-likeness (QED) is 0.263. The highest BCUT2D eigenvalue weighted by Crippen LogP contribution is 2.40. The fourth-order valence-corrected chi connectivity index (χ4v) is 5.02. The van der Waals surface area contributed by atoms with Gasteiger partial charge in [-0.05, 0) is 83.6 Å². The molecule has 0 aliphatic carbocycles. The van der Waals surface area contributed by atoms with Crippen LogP contribution in [0.15, 0.2) is 63.7 Å². The summed E-state index contributed by atoms with van der Waals surface area (Å²) in [6.45, 7) is 5.21. The minimum atomic E-state index is 0.175. The molecule has 1 aliphatic heterocycles. The standard InChI is InChI=1S/C26H27BrN4O3/c1-26(10-3-12-28-15-26)11-13-33-20-8-6-17(7-9-20)23-22(27)21-24(29-16-30-25(21)34-23)31-18-4-2-5-19(32)14-18/h2,4-9,14,16,28,32H,3,10-13,15H2,1H3,(H,29,30,31). The van der Waals surface area contributed by atoms with Crippen LogP contribution >= 0.6 is 15.9 Å². The summed E-state index contributed by atoms with van der Waals surface area (Å²) in [4.78, 5) is 8.66. The van der Waals surface area contributed by atoms with Crippen molar-refractivity contribution in [2.24, 2.45) is 5.41 Å². The molecule has 3 heterocycles. The number of furan rings is 1. The molecule has 1 unspecified atom stereocenters. The molecule has 34 heavy (non-hydrogen) atoms. The summed E-state index contributed by atoms with van der Waals surface area (Å²) in [5.41, 5.74) is 2.40. The molecule has 0 saturated carbocycles. The van der Waals surface area contributed by atoms with E-state index >= 15 is 0 Å². The molecule has 1 aliphatic rings. The van der Waals surface area contributed by atoms with Crippen molar-refractivity contribution in [1.29, 1.82) is 0 Å². The van der Waals surface area contributed by atoms with E-state index in [-0.39, 0.29) is 5.75 Å². The number of phenols is 1. The molecule has 0 amide bonds. The lowest BCUT2D eigenvalue weighted by atomic mass is 9.80. The number of halogens is 1. The van der Waals surface area contributed by atoms with Crippen molar-refractivity contribution < 1.29 is 14.3 Å². The van der Waals surface area contributed by atoms with Crippen LogP contribution in [0.25, 0.3) is 22.4 Å². The van der Waals surface area contributed by atoms with Gasteiger partial charge in [0.05, 0.1) is 16.5 Å². The normalized spacial score (nSPS) is 18.2. The van der Waals surface area contributed by atoms with Gasteiger partial charge in [-0.1, -0.05) is 13.0 Å². The molecule has 1 fully saturated rings. The highest BCUT2D eigenvalue weighted by Gasteiger charge is 2.26. The van der Waals surface area contributed by atoms with E-state index in [4.69, 9.17) is 9.15 Å². The fraction of sp³-hybridized carbons (Fsp3) is 0.308. The van der Waals surface area contributed by atoms with Crippen LogP contribution in [0.3, 0.4) is 0 Å². The summed E-state index contributed by atoms with van der Waals surface area (Å²) in [6, 6.07) is 14.8. The summed E-state index contributed by atoms with van der Waals surface area (Å²) in [5, 5.41) is 17.2. The molecule has 8 heteroatoms. The Morgan fingerprint density at radius 2 is 2.06 bits per heavy atom. The van der Waals surface area contributed by atoms with E-state index in [1.807, 2.05) is 30.3 Å². The van der Waals surface area contributed by atoms with Crippen LogP contribution in [0.5, 0.6) is 11.5 Å². The molecular formula is C26H27BrN4O3. The Hall–Kier alpha value is -3.10. The summed E-state index contributed by atoms with van der Waals surface area (Å²) in [7, 11) is 0. The minimum Gasteiger partial charge on any atom is -0.508 e. The molecule has 3 N–H and O–H groups in total. The van der Waals surface area contributed by atoms with E-state index in [9.17, 15) is 5.11 Å². The molecule has 7 nitrogen and oxygen atoms in total. The third-order valence-corrected chi connectivity index (χ3v) is 7.07. The molecule has 0 radical (unpaired) electrons. The highest BCUT2D eigenvalue weighted by molar-refractivity contribution is 9.10. The van der Waals surface area contributed by atoms with Crippen molar-refractivity contribution in [3.63, 3.8) is 0 Å². The predicted octanol–water partition coefficient (Wildman–Crippen LogP) is 6.26. The largest absolute Gasteiger partial charge is 0.508 e. The van der Waals surface area contributed by atoms with E-state index < -0.39 is 0 Å². The van der Waals surface area contributed by atoms with Gasteiger partial charge in [-0.2, -0.15) is 0 Å². The smallest absolute Gasteiger partial charge is 0.233 e. The Morgan fingerprint density at radius 1 is 1.21 bits per heavy atom. The second-order valence-corrected chi connectivity index (χ2v) is 9.83. The second-order valence-electron chi connectivity index (χ2n) is 9.04. The first-order chi connectivity index (χ1) is 16.5. The number of aromatic nitrogens is 2. The summed E-state index contributed by atoms with van der Waals surface area (Å²) >= 11 is 3.68. The molecule has 0 spiro atoms. The molecule has 4 aromatic rings. The molecule has 1 saturated heterocycles. The lowest BCUT2D eigenvalue weighted by Crippen LogP contribution is -2.38. The number of aromatic hydroxyl groups is 1. The van der Waals surface area contributed by atoms with Crippen LogP contribution in [0.4, 0.5) is 11.5 Å². The first kappa shape index (κ1) is 22.7. The van der Waals surface area contributed by atoms with Gasteiger partial charge in [0.2, 0.25) is 5.71 Å². The third kappa shape index (κ3) is 4.88. The van der Waals surface area contributed by atoms with Crippen LogP contribution in [0.1, 0.15) is 26.2 Å². The van der Waals surface area contributed by atoms with E-state index in [1.165, 1.54) is 19.2 Å². The van der Waals surface area contributed by atoms with E-state index in [1.54, 1.807) is 18.2 Å². The molecule has 2 aromatic carbocycles. The van der Waals surface area contributed by atoms with Crippen LogP contribution in [0, 0.1) is 5.41 Å². The van der Waals surface area contributed by atoms with Gasteiger partial charge in [0, 0.05) is 23.9 Å². The Morgan fingerprint density at radius 3 is 2.82 bits per heavy atom. The Kier molecular flexibility index (Phi) is 6.43. The first-order valence-electron chi connectivity index (χ1n) is 11.4. The third-order valence-electron chi connectivity index (χ3n) is 6.32. The SMILES string of the molecule is CC1(CCOc2ccc(-c3oc4ncnc(Nc5cccc(O)c5)c4c3Br)cc2)CCCNC1. The maximum atomic E-state index is 9.75. The Bertz CT molecular complexity index is 1280. The van der Waals surface area contributed by atoms with Crippen LogP contribution < -0.4 is 15.4 Å². The maximum absolute atomic E-state index is 9.75. The molecule has 5 rings (SSSR count). The van der Waals surface area contributed by atoms with Gasteiger partial charge in [0.15, 0.2) is 5.76 Å². The number of ether oxygens (including phenoxy) is 1. The Labute approximate surface area is 206 Å². The highest BCUT2D eigenvalue weighted by atomic mass is 79.9. The number of nitrogens with zero attached hydrogens (tertiary/aromatic N) is 2. The van der Waals surface area contributed by atoms with Gasteiger partial charge in [-0.3, -0.25) is 0 Å². The van der Waals surface area contributed by atoms with E-state index in [2.05, 4.69) is 43.5 Å². The fourth-order valence-electron chi connectivity index (χ4n) is 4.35. The molecule has 176 valence electrons. The molecule has 1 atom stereocenters. The van der Waals surface area contributed by atoms with Gasteiger partial charge < -0.3 is 24.9 Å². The van der Waals surface area contributed by atoms with Crippen molar-refractivity contribution in [2.75, 3.05) is 25.0 Å². The van der Waals surface area contributed by atoms with Crippen molar-refractivity contribution in [3.05, 3.63) is 59.3 Å². The molecular weight excluding hydrogens is 496 g/mol. The predicted molar refractivity (Wildman–Crippen MR) is 137 cm³/mol. The first-order valence-corrected chi connectivity index (χ1v) is 12.2. The van der Waals surface area contributed by atoms with E-state index in [0.29, 0.717) is 35.0 Å². The number of piperidine rings is 1. The van der Waals surface area contributed by atoms with Crippen molar-refractivity contribution in [2.45, 2.75) is 26.2 Å².